The molecule has 166 valence electrons. The molecule has 8 heteroatoms. The monoisotopic (exact) mass is 434 g/mol. The van der Waals surface area contributed by atoms with E-state index < -0.39 is 0 Å². The Kier molecular flexibility index (Phi) is 6.20. The summed E-state index contributed by atoms with van der Waals surface area (Å²) in [6, 6.07) is 14.5. The zero-order valence-corrected chi connectivity index (χ0v) is 18.5. The molecule has 0 aliphatic carbocycles. The van der Waals surface area contributed by atoms with Crippen LogP contribution in [-0.4, -0.2) is 47.1 Å². The fourth-order valence-corrected chi connectivity index (χ4v) is 3.55. The number of piperazine rings is 1. The highest BCUT2D eigenvalue weighted by molar-refractivity contribution is 5.89. The summed E-state index contributed by atoms with van der Waals surface area (Å²) >= 11 is 0. The van der Waals surface area contributed by atoms with Crippen LogP contribution >= 0.6 is 0 Å². The molecule has 1 aliphatic rings. The first-order chi connectivity index (χ1) is 15.4. The second-order valence-electron chi connectivity index (χ2n) is 8.05. The van der Waals surface area contributed by atoms with Crippen LogP contribution in [-0.2, 0) is 0 Å². The van der Waals surface area contributed by atoms with Gasteiger partial charge in [0.15, 0.2) is 0 Å². The highest BCUT2D eigenvalue weighted by Gasteiger charge is 2.23. The van der Waals surface area contributed by atoms with E-state index in [0.29, 0.717) is 43.4 Å². The predicted molar refractivity (Wildman–Crippen MR) is 125 cm³/mol. The number of anilines is 4. The van der Waals surface area contributed by atoms with Gasteiger partial charge in [-0.3, -0.25) is 0 Å². The average Bonchev–Trinajstić information content (AvgIpc) is 2.77. The Morgan fingerprint density at radius 2 is 1.59 bits per heavy atom. The van der Waals surface area contributed by atoms with E-state index in [2.05, 4.69) is 25.5 Å². The molecule has 1 saturated heterocycles. The van der Waals surface area contributed by atoms with Crippen LogP contribution in [0, 0.1) is 26.6 Å². The van der Waals surface area contributed by atoms with Crippen molar-refractivity contribution in [1.82, 2.24) is 14.9 Å². The number of nitrogens with one attached hydrogen (secondary N) is 2. The molecule has 2 amide bonds. The van der Waals surface area contributed by atoms with Crippen LogP contribution in [0.15, 0.2) is 48.5 Å². The number of carbonyl (C=O) groups excluding carboxylic acids is 1. The molecule has 1 fully saturated rings. The number of hydrogen-bond acceptors (Lipinski definition) is 5. The van der Waals surface area contributed by atoms with Crippen molar-refractivity contribution < 1.29 is 9.18 Å². The fraction of sp³-hybridized carbons (Fsp3) is 0.292. The molecule has 0 saturated carbocycles. The van der Waals surface area contributed by atoms with E-state index >= 15 is 0 Å². The molecule has 1 aliphatic heterocycles. The van der Waals surface area contributed by atoms with Gasteiger partial charge in [-0.15, -0.1) is 0 Å². The Bertz CT molecular complexity index is 1110. The molecule has 7 nitrogen and oxygen atoms in total. The molecule has 0 bridgehead atoms. The maximum absolute atomic E-state index is 13.7. The van der Waals surface area contributed by atoms with E-state index in [9.17, 15) is 9.18 Å². The Labute approximate surface area is 187 Å². The number of halogens is 1. The number of urea groups is 1. The lowest BCUT2D eigenvalue weighted by Crippen LogP contribution is -2.50. The molecule has 1 aromatic heterocycles. The van der Waals surface area contributed by atoms with E-state index in [4.69, 9.17) is 0 Å². The van der Waals surface area contributed by atoms with Gasteiger partial charge in [-0.25, -0.2) is 14.2 Å². The number of benzene rings is 2. The number of hydrogen-bond donors (Lipinski definition) is 2. The molecule has 0 radical (unpaired) electrons. The highest BCUT2D eigenvalue weighted by Crippen LogP contribution is 2.21. The Balaban J connectivity index is 1.38. The lowest BCUT2D eigenvalue weighted by atomic mass is 10.2. The highest BCUT2D eigenvalue weighted by atomic mass is 19.1. The maximum Gasteiger partial charge on any atom is 0.321 e. The molecule has 32 heavy (non-hydrogen) atoms. The van der Waals surface area contributed by atoms with Crippen molar-refractivity contribution in [2.75, 3.05) is 41.7 Å². The summed E-state index contributed by atoms with van der Waals surface area (Å²) in [5, 5.41) is 6.04. The van der Waals surface area contributed by atoms with Gasteiger partial charge in [0.05, 0.1) is 0 Å². The van der Waals surface area contributed by atoms with Crippen LogP contribution < -0.4 is 15.5 Å². The molecule has 2 N–H and O–H groups in total. The number of aromatic nitrogens is 2. The standard InChI is InChI=1S/C24H27FN6O/c1-16-4-7-19(8-5-16)27-23-26-18(3)14-22(29-23)30-10-12-31(13-11-30)24(32)28-20-9-6-17(2)21(25)15-20/h4-9,14-15H,10-13H2,1-3H3,(H,28,32)(H,26,27,29). The van der Waals surface area contributed by atoms with Crippen LogP contribution in [0.4, 0.5) is 32.3 Å². The van der Waals surface area contributed by atoms with Gasteiger partial charge in [0, 0.05) is 49.3 Å². The largest absolute Gasteiger partial charge is 0.353 e. The van der Waals surface area contributed by atoms with Crippen molar-refractivity contribution in [3.05, 3.63) is 71.2 Å². The third-order valence-electron chi connectivity index (χ3n) is 5.46. The summed E-state index contributed by atoms with van der Waals surface area (Å²) in [5.74, 6) is 1.04. The average molecular weight is 435 g/mol. The van der Waals surface area contributed by atoms with Crippen molar-refractivity contribution in [2.24, 2.45) is 0 Å². The minimum Gasteiger partial charge on any atom is -0.353 e. The van der Waals surface area contributed by atoms with E-state index in [0.717, 1.165) is 17.2 Å². The number of aryl methyl sites for hydroxylation is 3. The minimum absolute atomic E-state index is 0.228. The third kappa shape index (κ3) is 5.14. The molecular formula is C24H27FN6O. The van der Waals surface area contributed by atoms with Crippen LogP contribution in [0.2, 0.25) is 0 Å². The summed E-state index contributed by atoms with van der Waals surface area (Å²) in [7, 11) is 0. The molecule has 0 atom stereocenters. The lowest BCUT2D eigenvalue weighted by molar-refractivity contribution is 0.208. The van der Waals surface area contributed by atoms with Gasteiger partial charge in [0.25, 0.3) is 0 Å². The van der Waals surface area contributed by atoms with Crippen LogP contribution in [0.5, 0.6) is 0 Å². The molecule has 0 unspecified atom stereocenters. The van der Waals surface area contributed by atoms with Crippen molar-refractivity contribution >= 4 is 29.2 Å². The Morgan fingerprint density at radius 1 is 0.906 bits per heavy atom. The van der Waals surface area contributed by atoms with Crippen molar-refractivity contribution in [1.29, 1.82) is 0 Å². The molecule has 4 rings (SSSR count). The number of carbonyl (C=O) groups is 1. The SMILES string of the molecule is Cc1ccc(Nc2nc(C)cc(N3CCN(C(=O)Nc4ccc(C)c(F)c4)CC3)n2)cc1. The zero-order chi connectivity index (χ0) is 22.7. The summed E-state index contributed by atoms with van der Waals surface area (Å²) in [6.07, 6.45) is 0. The predicted octanol–water partition coefficient (Wildman–Crippen LogP) is 4.64. The van der Waals surface area contributed by atoms with Gasteiger partial charge in [-0.05, 0) is 50.6 Å². The Morgan fingerprint density at radius 3 is 2.28 bits per heavy atom. The second-order valence-corrected chi connectivity index (χ2v) is 8.05. The molecular weight excluding hydrogens is 407 g/mol. The summed E-state index contributed by atoms with van der Waals surface area (Å²) in [4.78, 5) is 25.6. The van der Waals surface area contributed by atoms with Gasteiger partial charge < -0.3 is 20.4 Å². The first-order valence-electron chi connectivity index (χ1n) is 10.6. The first kappa shape index (κ1) is 21.5. The maximum atomic E-state index is 13.7. The Hall–Kier alpha value is -3.68. The second kappa shape index (κ2) is 9.21. The number of nitrogens with zero attached hydrogens (tertiary/aromatic N) is 4. The van der Waals surface area contributed by atoms with Gasteiger partial charge in [0.2, 0.25) is 5.95 Å². The third-order valence-corrected chi connectivity index (χ3v) is 5.46. The number of amides is 2. The van der Waals surface area contributed by atoms with Gasteiger partial charge >= 0.3 is 6.03 Å². The normalized spacial score (nSPS) is 13.8. The topological polar surface area (TPSA) is 73.4 Å². The van der Waals surface area contributed by atoms with Crippen LogP contribution in [0.3, 0.4) is 0 Å². The fourth-order valence-electron chi connectivity index (χ4n) is 3.55. The molecule has 3 aromatic rings. The summed E-state index contributed by atoms with van der Waals surface area (Å²) in [6.45, 7) is 8.07. The van der Waals surface area contributed by atoms with Crippen LogP contribution in [0.25, 0.3) is 0 Å². The first-order valence-corrected chi connectivity index (χ1v) is 10.6. The van der Waals surface area contributed by atoms with Crippen LogP contribution in [0.1, 0.15) is 16.8 Å². The quantitative estimate of drug-likeness (QED) is 0.626. The summed E-state index contributed by atoms with van der Waals surface area (Å²) in [5.41, 5.74) is 4.00. The van der Waals surface area contributed by atoms with Gasteiger partial charge in [0.1, 0.15) is 11.6 Å². The van der Waals surface area contributed by atoms with E-state index in [1.807, 2.05) is 44.2 Å². The van der Waals surface area contributed by atoms with E-state index in [1.165, 1.54) is 11.6 Å². The van der Waals surface area contributed by atoms with Crippen molar-refractivity contribution in [3.8, 4) is 0 Å². The smallest absolute Gasteiger partial charge is 0.321 e. The van der Waals surface area contributed by atoms with Gasteiger partial charge in [-0.2, -0.15) is 4.98 Å². The molecule has 2 heterocycles. The van der Waals surface area contributed by atoms with Gasteiger partial charge in [-0.1, -0.05) is 23.8 Å². The van der Waals surface area contributed by atoms with Crippen molar-refractivity contribution in [3.63, 3.8) is 0 Å². The van der Waals surface area contributed by atoms with Crippen molar-refractivity contribution in [2.45, 2.75) is 20.8 Å². The summed E-state index contributed by atoms with van der Waals surface area (Å²) < 4.78 is 13.7. The molecule has 2 aromatic carbocycles. The minimum atomic E-state index is -0.332. The van der Waals surface area contributed by atoms with E-state index in [-0.39, 0.29) is 11.8 Å². The lowest BCUT2D eigenvalue weighted by Gasteiger charge is -2.35. The number of rotatable bonds is 4. The molecule has 0 spiro atoms. The van der Waals surface area contributed by atoms with E-state index in [1.54, 1.807) is 24.0 Å². The zero-order valence-electron chi connectivity index (χ0n) is 18.5.